The lowest BCUT2D eigenvalue weighted by atomic mass is 10.0. The second-order valence-corrected chi connectivity index (χ2v) is 3.45. The highest BCUT2D eigenvalue weighted by atomic mass is 16.2. The molecule has 1 aliphatic heterocycles. The van der Waals surface area contributed by atoms with Gasteiger partial charge in [-0.3, -0.25) is 9.59 Å². The molecule has 0 radical (unpaired) electrons. The van der Waals surface area contributed by atoms with Crippen LogP contribution in [0.3, 0.4) is 0 Å². The smallest absolute Gasteiger partial charge is 0.254 e. The number of carbonyl (C=O) groups is 2. The Morgan fingerprint density at radius 2 is 2.07 bits per heavy atom. The zero-order valence-corrected chi connectivity index (χ0v) is 8.26. The normalized spacial score (nSPS) is 15.0. The Morgan fingerprint density at radius 1 is 1.33 bits per heavy atom. The summed E-state index contributed by atoms with van der Waals surface area (Å²) >= 11 is 0. The summed E-state index contributed by atoms with van der Waals surface area (Å²) in [6.45, 7) is 1.78. The molecule has 0 atom stereocenters. The van der Waals surface area contributed by atoms with Crippen molar-refractivity contribution in [1.82, 2.24) is 5.32 Å². The Balaban J connectivity index is 2.66. The van der Waals surface area contributed by atoms with Crippen molar-refractivity contribution in [2.45, 2.75) is 6.92 Å². The third-order valence-corrected chi connectivity index (χ3v) is 2.35. The summed E-state index contributed by atoms with van der Waals surface area (Å²) in [7, 11) is 0. The number of nitrogen functional groups attached to an aromatic ring is 1. The van der Waals surface area contributed by atoms with Crippen LogP contribution in [-0.2, 0) is 4.79 Å². The summed E-state index contributed by atoms with van der Waals surface area (Å²) in [5.41, 5.74) is 7.76. The molecule has 0 bridgehead atoms. The highest BCUT2D eigenvalue weighted by Gasteiger charge is 2.22. The summed E-state index contributed by atoms with van der Waals surface area (Å²) in [5.74, 6) is -0.535. The number of hydrogen-bond acceptors (Lipinski definition) is 3. The van der Waals surface area contributed by atoms with Crippen molar-refractivity contribution in [3.8, 4) is 0 Å². The van der Waals surface area contributed by atoms with E-state index in [0.717, 1.165) is 5.56 Å². The molecule has 2 rings (SSSR count). The summed E-state index contributed by atoms with van der Waals surface area (Å²) in [4.78, 5) is 22.9. The van der Waals surface area contributed by atoms with Crippen LogP contribution in [0.4, 0.5) is 11.4 Å². The highest BCUT2D eigenvalue weighted by Crippen LogP contribution is 2.27. The van der Waals surface area contributed by atoms with Crippen LogP contribution in [0.15, 0.2) is 12.1 Å². The first kappa shape index (κ1) is 9.51. The van der Waals surface area contributed by atoms with Gasteiger partial charge in [0.05, 0.1) is 23.5 Å². The van der Waals surface area contributed by atoms with E-state index in [0.29, 0.717) is 16.9 Å². The third-order valence-electron chi connectivity index (χ3n) is 2.35. The Labute approximate surface area is 86.6 Å². The van der Waals surface area contributed by atoms with E-state index in [1.54, 1.807) is 19.1 Å². The topological polar surface area (TPSA) is 84.2 Å². The van der Waals surface area contributed by atoms with Crippen molar-refractivity contribution in [1.29, 1.82) is 0 Å². The highest BCUT2D eigenvalue weighted by molar-refractivity contribution is 6.11. The van der Waals surface area contributed by atoms with Crippen LogP contribution in [0, 0.1) is 6.92 Å². The maximum atomic E-state index is 11.7. The first-order chi connectivity index (χ1) is 7.09. The van der Waals surface area contributed by atoms with Crippen molar-refractivity contribution in [2.24, 2.45) is 0 Å². The van der Waals surface area contributed by atoms with E-state index in [4.69, 9.17) is 5.73 Å². The van der Waals surface area contributed by atoms with Crippen LogP contribution in [0.2, 0.25) is 0 Å². The number of nitrogens with two attached hydrogens (primary N) is 1. The second kappa shape index (κ2) is 3.27. The van der Waals surface area contributed by atoms with Crippen molar-refractivity contribution in [3.63, 3.8) is 0 Å². The molecule has 0 fully saturated rings. The first-order valence-electron chi connectivity index (χ1n) is 4.56. The van der Waals surface area contributed by atoms with Crippen molar-refractivity contribution < 1.29 is 9.59 Å². The number of nitrogens with one attached hydrogen (secondary N) is 2. The number of rotatable bonds is 0. The van der Waals surface area contributed by atoms with Crippen LogP contribution in [0.1, 0.15) is 15.9 Å². The predicted molar refractivity (Wildman–Crippen MR) is 56.6 cm³/mol. The minimum absolute atomic E-state index is 0.0214. The minimum Gasteiger partial charge on any atom is -0.397 e. The third kappa shape index (κ3) is 1.52. The Morgan fingerprint density at radius 3 is 2.80 bits per heavy atom. The van der Waals surface area contributed by atoms with Gasteiger partial charge in [0, 0.05) is 0 Å². The van der Waals surface area contributed by atoms with Crippen LogP contribution in [-0.4, -0.2) is 18.4 Å². The number of hydrogen-bond donors (Lipinski definition) is 3. The van der Waals surface area contributed by atoms with Crippen LogP contribution >= 0.6 is 0 Å². The number of amides is 2. The van der Waals surface area contributed by atoms with Crippen molar-refractivity contribution in [2.75, 3.05) is 17.6 Å². The van der Waals surface area contributed by atoms with E-state index >= 15 is 0 Å². The van der Waals surface area contributed by atoms with E-state index < -0.39 is 0 Å². The number of aryl methyl sites for hydroxylation is 1. The summed E-state index contributed by atoms with van der Waals surface area (Å²) in [6.07, 6.45) is 0. The van der Waals surface area contributed by atoms with Gasteiger partial charge in [-0.25, -0.2) is 0 Å². The molecule has 1 aromatic carbocycles. The fourth-order valence-corrected chi connectivity index (χ4v) is 1.58. The molecule has 2 amide bonds. The molecule has 0 aliphatic carbocycles. The summed E-state index contributed by atoms with van der Waals surface area (Å²) in [6, 6.07) is 3.43. The standard InChI is InChI=1S/C10H11N3O2/c1-5-2-3-6(11)9-8(5)10(15)12-4-7(14)13-9/h2-3H,4,11H2,1H3,(H,12,15)(H,13,14). The molecule has 0 saturated heterocycles. The summed E-state index contributed by atoms with van der Waals surface area (Å²) in [5, 5.41) is 5.13. The van der Waals surface area contributed by atoms with E-state index in [2.05, 4.69) is 10.6 Å². The Kier molecular flexibility index (Phi) is 2.07. The maximum Gasteiger partial charge on any atom is 0.254 e. The SMILES string of the molecule is Cc1ccc(N)c2c1C(=O)NCC(=O)N2. The molecule has 5 nitrogen and oxygen atoms in total. The lowest BCUT2D eigenvalue weighted by molar-refractivity contribution is -0.115. The zero-order valence-electron chi connectivity index (χ0n) is 8.26. The average Bonchev–Trinajstić information content (AvgIpc) is 2.34. The van der Waals surface area contributed by atoms with E-state index in [1.807, 2.05) is 0 Å². The maximum absolute atomic E-state index is 11.7. The van der Waals surface area contributed by atoms with Crippen molar-refractivity contribution >= 4 is 23.2 Å². The van der Waals surface area contributed by atoms with Crippen LogP contribution < -0.4 is 16.4 Å². The number of carbonyl (C=O) groups excluding carboxylic acids is 2. The lowest BCUT2D eigenvalue weighted by Crippen LogP contribution is -2.28. The number of benzene rings is 1. The van der Waals surface area contributed by atoms with E-state index in [9.17, 15) is 9.59 Å². The van der Waals surface area contributed by atoms with Gasteiger partial charge in [-0.15, -0.1) is 0 Å². The molecule has 5 heteroatoms. The Bertz CT molecular complexity index is 454. The molecular formula is C10H11N3O2. The molecule has 0 spiro atoms. The van der Waals surface area contributed by atoms with Crippen LogP contribution in [0.5, 0.6) is 0 Å². The molecule has 4 N–H and O–H groups in total. The monoisotopic (exact) mass is 205 g/mol. The van der Waals surface area contributed by atoms with Gasteiger partial charge in [-0.05, 0) is 18.6 Å². The minimum atomic E-state index is -0.270. The zero-order chi connectivity index (χ0) is 11.0. The van der Waals surface area contributed by atoms with Gasteiger partial charge in [0.15, 0.2) is 0 Å². The van der Waals surface area contributed by atoms with Gasteiger partial charge in [0.1, 0.15) is 0 Å². The molecular weight excluding hydrogens is 194 g/mol. The molecule has 78 valence electrons. The fraction of sp³-hybridized carbons (Fsp3) is 0.200. The van der Waals surface area contributed by atoms with Gasteiger partial charge in [0.25, 0.3) is 5.91 Å². The fourth-order valence-electron chi connectivity index (χ4n) is 1.58. The molecule has 1 heterocycles. The molecule has 1 aliphatic rings. The van der Waals surface area contributed by atoms with Gasteiger partial charge in [-0.2, -0.15) is 0 Å². The van der Waals surface area contributed by atoms with E-state index in [-0.39, 0.29) is 18.4 Å². The largest absolute Gasteiger partial charge is 0.397 e. The predicted octanol–water partition coefficient (Wildman–Crippen LogP) is 0.259. The quantitative estimate of drug-likeness (QED) is 0.531. The number of fused-ring (bicyclic) bond motifs is 1. The molecule has 0 unspecified atom stereocenters. The van der Waals surface area contributed by atoms with Gasteiger partial charge in [0.2, 0.25) is 5.91 Å². The van der Waals surface area contributed by atoms with E-state index in [1.165, 1.54) is 0 Å². The average molecular weight is 205 g/mol. The van der Waals surface area contributed by atoms with Gasteiger partial charge >= 0.3 is 0 Å². The molecule has 15 heavy (non-hydrogen) atoms. The van der Waals surface area contributed by atoms with Crippen molar-refractivity contribution in [3.05, 3.63) is 23.3 Å². The Hall–Kier alpha value is -2.04. The number of anilines is 2. The molecule has 0 saturated carbocycles. The van der Waals surface area contributed by atoms with Gasteiger partial charge < -0.3 is 16.4 Å². The molecule has 1 aromatic rings. The van der Waals surface area contributed by atoms with Crippen LogP contribution in [0.25, 0.3) is 0 Å². The first-order valence-corrected chi connectivity index (χ1v) is 4.56. The van der Waals surface area contributed by atoms with Gasteiger partial charge in [-0.1, -0.05) is 6.07 Å². The lowest BCUT2D eigenvalue weighted by Gasteiger charge is -2.10. The molecule has 0 aromatic heterocycles. The second-order valence-electron chi connectivity index (χ2n) is 3.45. The summed E-state index contributed by atoms with van der Waals surface area (Å²) < 4.78 is 0.